The highest BCUT2D eigenvalue weighted by molar-refractivity contribution is 7.99. The van der Waals surface area contributed by atoms with Crippen LogP contribution >= 0.6 is 11.8 Å². The summed E-state index contributed by atoms with van der Waals surface area (Å²) >= 11 is 1.76. The van der Waals surface area contributed by atoms with Gasteiger partial charge in [-0.25, -0.2) is 0 Å². The highest BCUT2D eigenvalue weighted by Crippen LogP contribution is 2.12. The van der Waals surface area contributed by atoms with E-state index >= 15 is 0 Å². The Kier molecular flexibility index (Phi) is 6.88. The Morgan fingerprint density at radius 1 is 1.44 bits per heavy atom. The van der Waals surface area contributed by atoms with Gasteiger partial charge in [0.05, 0.1) is 5.75 Å². The first kappa shape index (κ1) is 13.8. The Balaban J connectivity index is 2.38. The molecule has 1 aliphatic heterocycles. The van der Waals surface area contributed by atoms with Crippen LogP contribution in [0.3, 0.4) is 0 Å². The molecule has 0 bridgehead atoms. The second-order valence-electron chi connectivity index (χ2n) is 4.29. The average Bonchev–Trinajstić information content (AvgIpc) is 2.79. The van der Waals surface area contributed by atoms with Crippen LogP contribution in [0.4, 0.5) is 0 Å². The van der Waals surface area contributed by atoms with E-state index in [1.54, 1.807) is 11.8 Å². The van der Waals surface area contributed by atoms with Gasteiger partial charge in [0, 0.05) is 19.1 Å². The lowest BCUT2D eigenvalue weighted by molar-refractivity contribution is -0.130. The van der Waals surface area contributed by atoms with Crippen LogP contribution in [0.15, 0.2) is 0 Å². The summed E-state index contributed by atoms with van der Waals surface area (Å²) in [5.74, 6) is 2.08. The molecular formula is C12H24N2OS. The molecule has 1 N–H and O–H groups in total. The first-order chi connectivity index (χ1) is 7.79. The minimum absolute atomic E-state index is 0.328. The van der Waals surface area contributed by atoms with Crippen LogP contribution in [0.5, 0.6) is 0 Å². The summed E-state index contributed by atoms with van der Waals surface area (Å²) in [5.41, 5.74) is 0. The summed E-state index contributed by atoms with van der Waals surface area (Å²) in [6.07, 6.45) is 3.32. The zero-order chi connectivity index (χ0) is 11.8. The molecule has 16 heavy (non-hydrogen) atoms. The van der Waals surface area contributed by atoms with Crippen LogP contribution in [-0.4, -0.2) is 48.0 Å². The van der Waals surface area contributed by atoms with Crippen LogP contribution < -0.4 is 5.32 Å². The number of thioether (sulfide) groups is 1. The molecule has 94 valence electrons. The number of carbonyl (C=O) groups is 1. The minimum Gasteiger partial charge on any atom is -0.338 e. The number of hydrogen-bond donors (Lipinski definition) is 1. The quantitative estimate of drug-likeness (QED) is 0.692. The molecule has 1 saturated heterocycles. The molecule has 1 aliphatic rings. The van der Waals surface area contributed by atoms with Crippen molar-refractivity contribution >= 4 is 17.7 Å². The van der Waals surface area contributed by atoms with Crippen molar-refractivity contribution in [3.8, 4) is 0 Å². The van der Waals surface area contributed by atoms with E-state index in [0.29, 0.717) is 17.7 Å². The zero-order valence-corrected chi connectivity index (χ0v) is 11.3. The monoisotopic (exact) mass is 244 g/mol. The first-order valence-electron chi connectivity index (χ1n) is 6.37. The Morgan fingerprint density at radius 2 is 2.25 bits per heavy atom. The van der Waals surface area contributed by atoms with Crippen LogP contribution in [0.2, 0.25) is 0 Å². The van der Waals surface area contributed by atoms with E-state index in [9.17, 15) is 4.79 Å². The maximum Gasteiger partial charge on any atom is 0.232 e. The maximum atomic E-state index is 12.1. The molecule has 1 atom stereocenters. The second-order valence-corrected chi connectivity index (χ2v) is 5.39. The van der Waals surface area contributed by atoms with Crippen molar-refractivity contribution in [3.05, 3.63) is 0 Å². The lowest BCUT2D eigenvalue weighted by Gasteiger charge is -2.28. The summed E-state index contributed by atoms with van der Waals surface area (Å²) in [6.45, 7) is 7.24. The number of nitrogens with zero attached hydrogens (tertiary/aromatic N) is 1. The van der Waals surface area contributed by atoms with Crippen LogP contribution in [0, 0.1) is 0 Å². The maximum absolute atomic E-state index is 12.1. The molecule has 0 aromatic rings. The van der Waals surface area contributed by atoms with E-state index < -0.39 is 0 Å². The van der Waals surface area contributed by atoms with Crippen molar-refractivity contribution in [2.75, 3.05) is 31.1 Å². The molecule has 0 aromatic carbocycles. The van der Waals surface area contributed by atoms with E-state index in [1.165, 1.54) is 0 Å². The van der Waals surface area contributed by atoms with E-state index in [0.717, 1.165) is 44.6 Å². The van der Waals surface area contributed by atoms with E-state index in [1.807, 2.05) is 0 Å². The SMILES string of the molecule is CCCSCC(=O)N(CCC)C1CCNC1. The van der Waals surface area contributed by atoms with Crippen molar-refractivity contribution < 1.29 is 4.79 Å². The fraction of sp³-hybridized carbons (Fsp3) is 0.917. The fourth-order valence-electron chi connectivity index (χ4n) is 2.04. The topological polar surface area (TPSA) is 32.3 Å². The molecule has 3 nitrogen and oxygen atoms in total. The Morgan fingerprint density at radius 3 is 2.81 bits per heavy atom. The molecule has 1 unspecified atom stereocenters. The van der Waals surface area contributed by atoms with Gasteiger partial charge >= 0.3 is 0 Å². The van der Waals surface area contributed by atoms with Crippen molar-refractivity contribution in [2.45, 2.75) is 39.2 Å². The Labute approximate surface area is 103 Å². The van der Waals surface area contributed by atoms with Crippen molar-refractivity contribution in [2.24, 2.45) is 0 Å². The van der Waals surface area contributed by atoms with Crippen molar-refractivity contribution in [1.82, 2.24) is 10.2 Å². The smallest absolute Gasteiger partial charge is 0.232 e. The third-order valence-corrected chi connectivity index (χ3v) is 3.98. The van der Waals surface area contributed by atoms with Crippen LogP contribution in [-0.2, 0) is 4.79 Å². The second kappa shape index (κ2) is 7.96. The summed E-state index contributed by atoms with van der Waals surface area (Å²) in [5, 5.41) is 3.33. The summed E-state index contributed by atoms with van der Waals surface area (Å²) < 4.78 is 0. The summed E-state index contributed by atoms with van der Waals surface area (Å²) in [7, 11) is 0. The van der Waals surface area contributed by atoms with Crippen molar-refractivity contribution in [3.63, 3.8) is 0 Å². The third-order valence-electron chi connectivity index (χ3n) is 2.83. The predicted molar refractivity (Wildman–Crippen MR) is 70.9 cm³/mol. The highest BCUT2D eigenvalue weighted by atomic mass is 32.2. The molecule has 4 heteroatoms. The summed E-state index contributed by atoms with van der Waals surface area (Å²) in [4.78, 5) is 14.2. The number of rotatable bonds is 7. The minimum atomic E-state index is 0.328. The first-order valence-corrected chi connectivity index (χ1v) is 7.53. The van der Waals surface area contributed by atoms with Gasteiger partial charge in [0.2, 0.25) is 5.91 Å². The molecule has 0 radical (unpaired) electrons. The van der Waals surface area contributed by atoms with Gasteiger partial charge in [-0.2, -0.15) is 11.8 Å². The zero-order valence-electron chi connectivity index (χ0n) is 10.5. The van der Waals surface area contributed by atoms with E-state index in [-0.39, 0.29) is 0 Å². The lowest BCUT2D eigenvalue weighted by Crippen LogP contribution is -2.43. The van der Waals surface area contributed by atoms with E-state index in [4.69, 9.17) is 0 Å². The van der Waals surface area contributed by atoms with Crippen LogP contribution in [0.25, 0.3) is 0 Å². The van der Waals surface area contributed by atoms with Gasteiger partial charge in [0.15, 0.2) is 0 Å². The van der Waals surface area contributed by atoms with Gasteiger partial charge in [-0.05, 0) is 31.6 Å². The molecular weight excluding hydrogens is 220 g/mol. The van der Waals surface area contributed by atoms with Gasteiger partial charge in [-0.1, -0.05) is 13.8 Å². The number of carbonyl (C=O) groups excluding carboxylic acids is 1. The lowest BCUT2D eigenvalue weighted by atomic mass is 10.2. The Hall–Kier alpha value is -0.220. The number of amides is 1. The number of nitrogens with one attached hydrogen (secondary N) is 1. The molecule has 0 aromatic heterocycles. The van der Waals surface area contributed by atoms with Gasteiger partial charge < -0.3 is 10.2 Å². The third kappa shape index (κ3) is 4.34. The van der Waals surface area contributed by atoms with Gasteiger partial charge in [0.25, 0.3) is 0 Å². The predicted octanol–water partition coefficient (Wildman–Crippen LogP) is 1.73. The van der Waals surface area contributed by atoms with E-state index in [2.05, 4.69) is 24.1 Å². The molecule has 1 fully saturated rings. The molecule has 0 spiro atoms. The largest absolute Gasteiger partial charge is 0.338 e. The standard InChI is InChI=1S/C12H24N2OS/c1-3-7-14(11-5-6-13-9-11)12(15)10-16-8-4-2/h11,13H,3-10H2,1-2H3. The fourth-order valence-corrected chi connectivity index (χ4v) is 2.82. The van der Waals surface area contributed by atoms with Gasteiger partial charge in [-0.15, -0.1) is 0 Å². The highest BCUT2D eigenvalue weighted by Gasteiger charge is 2.25. The van der Waals surface area contributed by atoms with Gasteiger partial charge in [-0.3, -0.25) is 4.79 Å². The number of hydrogen-bond acceptors (Lipinski definition) is 3. The normalized spacial score (nSPS) is 20.0. The molecule has 0 saturated carbocycles. The average molecular weight is 244 g/mol. The Bertz CT molecular complexity index is 205. The van der Waals surface area contributed by atoms with Crippen LogP contribution in [0.1, 0.15) is 33.1 Å². The molecule has 1 amide bonds. The molecule has 1 heterocycles. The molecule has 1 rings (SSSR count). The van der Waals surface area contributed by atoms with Gasteiger partial charge in [0.1, 0.15) is 0 Å². The summed E-state index contributed by atoms with van der Waals surface area (Å²) in [6, 6.07) is 0.440. The molecule has 0 aliphatic carbocycles. The van der Waals surface area contributed by atoms with Crippen molar-refractivity contribution in [1.29, 1.82) is 0 Å².